The summed E-state index contributed by atoms with van der Waals surface area (Å²) in [5.41, 5.74) is 1.59. The fourth-order valence-corrected chi connectivity index (χ4v) is 3.56. The van der Waals surface area contributed by atoms with E-state index in [4.69, 9.17) is 9.47 Å². The molecule has 0 saturated carbocycles. The van der Waals surface area contributed by atoms with Crippen molar-refractivity contribution in [3.63, 3.8) is 0 Å². The largest absolute Gasteiger partial charge is 0.497 e. The predicted octanol–water partition coefficient (Wildman–Crippen LogP) is 1.74. The second-order valence-electron chi connectivity index (χ2n) is 6.70. The van der Waals surface area contributed by atoms with Gasteiger partial charge in [0.05, 0.1) is 18.6 Å². The number of ether oxygens (including phenoxy) is 2. The molecular formula is C20H22N2O6S. The summed E-state index contributed by atoms with van der Waals surface area (Å²) in [7, 11) is -1.70. The summed E-state index contributed by atoms with van der Waals surface area (Å²) in [5.74, 6) is 0.366. The van der Waals surface area contributed by atoms with Gasteiger partial charge in [0, 0.05) is 12.8 Å². The number of nitrogens with zero attached hydrogens (tertiary/aromatic N) is 1. The maximum atomic E-state index is 12.6. The smallest absolute Gasteiger partial charge is 0.410 e. The molecular weight excluding hydrogens is 396 g/mol. The molecule has 0 radical (unpaired) electrons. The van der Waals surface area contributed by atoms with Gasteiger partial charge in [-0.25, -0.2) is 13.2 Å². The van der Waals surface area contributed by atoms with E-state index < -0.39 is 22.0 Å². The monoisotopic (exact) mass is 418 g/mol. The maximum Gasteiger partial charge on any atom is 0.410 e. The first-order valence-electron chi connectivity index (χ1n) is 8.91. The molecule has 2 aromatic rings. The Balaban J connectivity index is 1.62. The molecule has 0 bridgehead atoms. The number of sulfone groups is 1. The molecule has 3 rings (SSSR count). The number of methoxy groups -OCH3 is 1. The predicted molar refractivity (Wildman–Crippen MR) is 105 cm³/mol. The Morgan fingerprint density at radius 2 is 1.76 bits per heavy atom. The van der Waals surface area contributed by atoms with Gasteiger partial charge in [0.15, 0.2) is 9.84 Å². The number of hydrogen-bond donors (Lipinski definition) is 1. The molecule has 0 aromatic heterocycles. The third-order valence-corrected chi connectivity index (χ3v) is 5.74. The quantitative estimate of drug-likeness (QED) is 0.735. The Labute approximate surface area is 169 Å². The van der Waals surface area contributed by atoms with Gasteiger partial charge in [-0.2, -0.15) is 0 Å². The van der Waals surface area contributed by atoms with Crippen molar-refractivity contribution in [3.8, 4) is 5.75 Å². The zero-order valence-electron chi connectivity index (χ0n) is 16.1. The van der Waals surface area contributed by atoms with Gasteiger partial charge < -0.3 is 14.8 Å². The molecule has 1 aliphatic rings. The molecule has 1 saturated heterocycles. The van der Waals surface area contributed by atoms with Crippen LogP contribution in [-0.4, -0.2) is 51.3 Å². The minimum Gasteiger partial charge on any atom is -0.497 e. The van der Waals surface area contributed by atoms with E-state index in [0.29, 0.717) is 5.75 Å². The Bertz CT molecular complexity index is 987. The minimum atomic E-state index is -3.27. The molecule has 0 unspecified atom stereocenters. The highest BCUT2D eigenvalue weighted by molar-refractivity contribution is 7.90. The third-order valence-electron chi connectivity index (χ3n) is 4.61. The first-order valence-corrected chi connectivity index (χ1v) is 10.8. The van der Waals surface area contributed by atoms with Crippen LogP contribution in [0.4, 0.5) is 4.79 Å². The van der Waals surface area contributed by atoms with Crippen molar-refractivity contribution in [1.82, 2.24) is 10.2 Å². The number of carbonyl (C=O) groups excluding carboxylic acids is 2. The van der Waals surface area contributed by atoms with Crippen molar-refractivity contribution in [2.45, 2.75) is 24.0 Å². The highest BCUT2D eigenvalue weighted by Gasteiger charge is 2.37. The van der Waals surface area contributed by atoms with E-state index in [2.05, 4.69) is 5.32 Å². The van der Waals surface area contributed by atoms with Crippen LogP contribution in [0.25, 0.3) is 0 Å². The fourth-order valence-electron chi connectivity index (χ4n) is 2.93. The summed E-state index contributed by atoms with van der Waals surface area (Å²) in [5, 5.41) is 2.77. The van der Waals surface area contributed by atoms with Crippen molar-refractivity contribution in [2.75, 3.05) is 20.0 Å². The summed E-state index contributed by atoms with van der Waals surface area (Å²) in [6.45, 7) is 0.432. The van der Waals surface area contributed by atoms with Gasteiger partial charge in [0.25, 0.3) is 0 Å². The molecule has 154 valence electrons. The molecule has 1 atom stereocenters. The van der Waals surface area contributed by atoms with E-state index in [-0.39, 0.29) is 30.5 Å². The van der Waals surface area contributed by atoms with Crippen molar-refractivity contribution in [2.24, 2.45) is 0 Å². The number of cyclic esters (lactones) is 1. The SMILES string of the molecule is COc1ccc(CN2C(=O)OC[C@H]2C(=O)NCc2ccc(S(C)(=O)=O)cc2)cc1. The highest BCUT2D eigenvalue weighted by atomic mass is 32.2. The van der Waals surface area contributed by atoms with Crippen molar-refractivity contribution in [1.29, 1.82) is 0 Å². The van der Waals surface area contributed by atoms with E-state index in [1.54, 1.807) is 31.4 Å². The van der Waals surface area contributed by atoms with E-state index in [9.17, 15) is 18.0 Å². The van der Waals surface area contributed by atoms with Crippen LogP contribution in [0.15, 0.2) is 53.4 Å². The van der Waals surface area contributed by atoms with Gasteiger partial charge in [-0.1, -0.05) is 24.3 Å². The topological polar surface area (TPSA) is 102 Å². The second-order valence-corrected chi connectivity index (χ2v) is 8.72. The molecule has 29 heavy (non-hydrogen) atoms. The van der Waals surface area contributed by atoms with Gasteiger partial charge >= 0.3 is 6.09 Å². The van der Waals surface area contributed by atoms with Gasteiger partial charge in [-0.3, -0.25) is 9.69 Å². The average Bonchev–Trinajstić information content (AvgIpc) is 3.07. The summed E-state index contributed by atoms with van der Waals surface area (Å²) >= 11 is 0. The molecule has 9 heteroatoms. The fraction of sp³-hybridized carbons (Fsp3) is 0.300. The molecule has 0 aliphatic carbocycles. The van der Waals surface area contributed by atoms with E-state index in [1.807, 2.05) is 12.1 Å². The van der Waals surface area contributed by atoms with Gasteiger partial charge in [-0.15, -0.1) is 0 Å². The maximum absolute atomic E-state index is 12.6. The molecule has 2 aromatic carbocycles. The zero-order valence-corrected chi connectivity index (χ0v) is 16.9. The number of benzene rings is 2. The van der Waals surface area contributed by atoms with E-state index in [0.717, 1.165) is 17.4 Å². The minimum absolute atomic E-state index is 0.0200. The number of amides is 2. The van der Waals surface area contributed by atoms with Crippen LogP contribution in [0.1, 0.15) is 11.1 Å². The number of hydrogen-bond acceptors (Lipinski definition) is 6. The zero-order chi connectivity index (χ0) is 21.0. The lowest BCUT2D eigenvalue weighted by molar-refractivity contribution is -0.125. The van der Waals surface area contributed by atoms with E-state index in [1.165, 1.54) is 17.0 Å². The third kappa shape index (κ3) is 5.05. The van der Waals surface area contributed by atoms with Crippen molar-refractivity contribution < 1.29 is 27.5 Å². The molecule has 1 aliphatic heterocycles. The molecule has 0 spiro atoms. The number of carbonyl (C=O) groups is 2. The van der Waals surface area contributed by atoms with Crippen LogP contribution < -0.4 is 10.1 Å². The average molecular weight is 418 g/mol. The van der Waals surface area contributed by atoms with Crippen molar-refractivity contribution >= 4 is 21.8 Å². The van der Waals surface area contributed by atoms with Gasteiger partial charge in [0.2, 0.25) is 5.91 Å². The Hall–Kier alpha value is -3.07. The van der Waals surface area contributed by atoms with E-state index >= 15 is 0 Å². The Kier molecular flexibility index (Phi) is 6.07. The molecule has 1 N–H and O–H groups in total. The van der Waals surface area contributed by atoms with Crippen LogP contribution >= 0.6 is 0 Å². The summed E-state index contributed by atoms with van der Waals surface area (Å²) in [6, 6.07) is 12.7. The van der Waals surface area contributed by atoms with Crippen LogP contribution in [0, 0.1) is 0 Å². The summed E-state index contributed by atoms with van der Waals surface area (Å²) in [4.78, 5) is 26.2. The van der Waals surface area contributed by atoms with Crippen molar-refractivity contribution in [3.05, 3.63) is 59.7 Å². The first kappa shape index (κ1) is 20.7. The Morgan fingerprint density at radius 3 is 2.34 bits per heavy atom. The lowest BCUT2D eigenvalue weighted by atomic mass is 10.1. The first-order chi connectivity index (χ1) is 13.8. The standard InChI is InChI=1S/C20H22N2O6S/c1-27-16-7-3-15(4-8-16)12-22-18(13-28-20(22)24)19(23)21-11-14-5-9-17(10-6-14)29(2,25)26/h3-10,18H,11-13H2,1-2H3,(H,21,23)/t18-/m0/s1. The summed E-state index contributed by atoms with van der Waals surface area (Å²) in [6.07, 6.45) is 0.594. The summed E-state index contributed by atoms with van der Waals surface area (Å²) < 4.78 is 33.2. The molecule has 1 heterocycles. The molecule has 1 fully saturated rings. The lowest BCUT2D eigenvalue weighted by Crippen LogP contribution is -2.45. The number of rotatable bonds is 7. The van der Waals surface area contributed by atoms with Crippen LogP contribution in [0.3, 0.4) is 0 Å². The van der Waals surface area contributed by atoms with Crippen LogP contribution in [-0.2, 0) is 32.5 Å². The lowest BCUT2D eigenvalue weighted by Gasteiger charge is -2.21. The Morgan fingerprint density at radius 1 is 1.14 bits per heavy atom. The van der Waals surface area contributed by atoms with Crippen LogP contribution in [0.5, 0.6) is 5.75 Å². The highest BCUT2D eigenvalue weighted by Crippen LogP contribution is 2.19. The second kappa shape index (κ2) is 8.52. The number of nitrogens with one attached hydrogen (secondary N) is 1. The molecule has 8 nitrogen and oxygen atoms in total. The molecule has 2 amide bonds. The van der Waals surface area contributed by atoms with Crippen LogP contribution in [0.2, 0.25) is 0 Å². The normalized spacial score (nSPS) is 16.4. The van der Waals surface area contributed by atoms with Gasteiger partial charge in [0.1, 0.15) is 18.4 Å². The van der Waals surface area contributed by atoms with Gasteiger partial charge in [-0.05, 0) is 35.4 Å².